The maximum atomic E-state index is 12.1. The lowest BCUT2D eigenvalue weighted by Crippen LogP contribution is -2.50. The van der Waals surface area contributed by atoms with Crippen LogP contribution in [0.25, 0.3) is 0 Å². The van der Waals surface area contributed by atoms with Crippen LogP contribution in [0.2, 0.25) is 0 Å². The summed E-state index contributed by atoms with van der Waals surface area (Å²) in [5, 5.41) is 58.3. The molecule has 2 unspecified atom stereocenters. The lowest BCUT2D eigenvalue weighted by molar-refractivity contribution is -0.139. The molecule has 20 heteroatoms. The number of carboxylic acid groups (broad SMARTS) is 2. The largest absolute Gasteiger partial charge is 0.494 e. The van der Waals surface area contributed by atoms with Crippen LogP contribution in [0.3, 0.4) is 0 Å². The van der Waals surface area contributed by atoms with Gasteiger partial charge in [-0.3, -0.25) is 18.2 Å². The highest BCUT2D eigenvalue weighted by molar-refractivity contribution is 8.80. The first-order chi connectivity index (χ1) is 15.4. The number of carboxylic acids is 2. The molecule has 0 fully saturated rings. The fraction of sp³-hybridized carbons (Fsp3) is 0.286. The van der Waals surface area contributed by atoms with E-state index in [4.69, 9.17) is 0 Å². The van der Waals surface area contributed by atoms with E-state index in [1.54, 1.807) is 0 Å². The van der Waals surface area contributed by atoms with E-state index >= 15 is 0 Å². The van der Waals surface area contributed by atoms with Gasteiger partial charge in [-0.05, 0) is 0 Å². The quantitative estimate of drug-likeness (QED) is 0.126. The molecule has 16 nitrogen and oxygen atoms in total. The minimum atomic E-state index is -5.78. The molecule has 2 rings (SSSR count). The number of hydrogen-bond donors (Lipinski definition) is 8. The van der Waals surface area contributed by atoms with Gasteiger partial charge in [0.25, 0.3) is 28.4 Å². The van der Waals surface area contributed by atoms with Crippen molar-refractivity contribution < 1.29 is 66.2 Å². The van der Waals surface area contributed by atoms with E-state index in [1.807, 2.05) is 0 Å². The molecule has 190 valence electrons. The molecule has 8 N–H and O–H groups in total. The number of aromatic hydroxyl groups is 4. The highest BCUT2D eigenvalue weighted by Gasteiger charge is 2.60. The van der Waals surface area contributed by atoms with E-state index in [0.29, 0.717) is 9.13 Å². The molecule has 2 heterocycles. The average molecular weight is 565 g/mol. The van der Waals surface area contributed by atoms with Gasteiger partial charge in [-0.25, -0.2) is 9.59 Å². The van der Waals surface area contributed by atoms with E-state index in [1.165, 1.54) is 0 Å². The Balaban J connectivity index is 2.68. The van der Waals surface area contributed by atoms with Gasteiger partial charge < -0.3 is 30.6 Å². The Morgan fingerprint density at radius 1 is 0.676 bits per heavy atom. The van der Waals surface area contributed by atoms with Crippen LogP contribution in [0.15, 0.2) is 24.3 Å². The second-order valence-electron chi connectivity index (χ2n) is 6.50. The van der Waals surface area contributed by atoms with Crippen molar-refractivity contribution in [2.24, 2.45) is 0 Å². The van der Waals surface area contributed by atoms with Crippen molar-refractivity contribution >= 4 is 53.8 Å². The van der Waals surface area contributed by atoms with Gasteiger partial charge >= 0.3 is 11.9 Å². The number of aromatic nitrogens is 2. The first kappa shape index (κ1) is 27.5. The summed E-state index contributed by atoms with van der Waals surface area (Å²) in [5.41, 5.74) is 0. The van der Waals surface area contributed by atoms with Gasteiger partial charge in [0.2, 0.25) is 0 Å². The topological polar surface area (TPSA) is 274 Å². The molecule has 2 aromatic heterocycles. The standard InChI is InChI=1S/C14H16N2O14S4/c17-7-1-2-8(18)15(7)5-13(11(21)22,33(25,26)27)31-32-14(12(23)24,34(28,29)30)6-16-9(19)3-4-10(16)20/h1-4,17-20H,5-6H2,(H,21,22)(H,23,24)(H,25,26,27)(H,28,29,30). The predicted octanol–water partition coefficient (Wildman–Crippen LogP) is -0.469. The van der Waals surface area contributed by atoms with E-state index in [0.717, 1.165) is 24.3 Å². The summed E-state index contributed by atoms with van der Waals surface area (Å²) in [7, 11) is -12.7. The second-order valence-corrected chi connectivity index (χ2v) is 13.0. The van der Waals surface area contributed by atoms with Crippen molar-refractivity contribution in [2.75, 3.05) is 0 Å². The summed E-state index contributed by atoms with van der Waals surface area (Å²) >= 11 is 0. The molecule has 0 spiro atoms. The maximum Gasteiger partial charge on any atom is 0.340 e. The summed E-state index contributed by atoms with van der Waals surface area (Å²) < 4.78 is 61.4. The third-order valence-corrected chi connectivity index (χ3v) is 12.3. The molecule has 0 aliphatic heterocycles. The molecule has 0 saturated carbocycles. The maximum absolute atomic E-state index is 12.1. The van der Waals surface area contributed by atoms with Crippen LogP contribution in [0.5, 0.6) is 23.5 Å². The van der Waals surface area contributed by atoms with Gasteiger partial charge in [0.15, 0.2) is 23.5 Å². The molecule has 2 aromatic rings. The second kappa shape index (κ2) is 9.11. The van der Waals surface area contributed by atoms with E-state index in [9.17, 15) is 66.2 Å². The van der Waals surface area contributed by atoms with Gasteiger partial charge in [0.05, 0.1) is 13.1 Å². The van der Waals surface area contributed by atoms with E-state index in [-0.39, 0.29) is 0 Å². The normalized spacial score (nSPS) is 15.9. The zero-order valence-corrected chi connectivity index (χ0v) is 19.5. The van der Waals surface area contributed by atoms with E-state index in [2.05, 4.69) is 0 Å². The molecular weight excluding hydrogens is 548 g/mol. The number of rotatable bonds is 11. The molecule has 0 aliphatic rings. The minimum absolute atomic E-state index is 0.301. The molecule has 0 saturated heterocycles. The van der Waals surface area contributed by atoms with Crippen LogP contribution in [-0.4, -0.2) is 85.8 Å². The third kappa shape index (κ3) is 4.72. The molecule has 2 atom stereocenters. The van der Waals surface area contributed by atoms with Crippen molar-refractivity contribution in [3.8, 4) is 23.5 Å². The number of hydrogen-bond acceptors (Lipinski definition) is 12. The van der Waals surface area contributed by atoms with Crippen molar-refractivity contribution in [1.82, 2.24) is 9.13 Å². The van der Waals surface area contributed by atoms with Crippen molar-refractivity contribution in [3.63, 3.8) is 0 Å². The smallest absolute Gasteiger partial charge is 0.340 e. The molecule has 0 aromatic carbocycles. The Morgan fingerprint density at radius 2 is 0.912 bits per heavy atom. The Kier molecular flexibility index (Phi) is 7.36. The van der Waals surface area contributed by atoms with Gasteiger partial charge in [0, 0.05) is 24.3 Å². The van der Waals surface area contributed by atoms with Crippen LogP contribution >= 0.6 is 21.6 Å². The zero-order chi connectivity index (χ0) is 26.3. The van der Waals surface area contributed by atoms with Crippen LogP contribution in [-0.2, 0) is 42.9 Å². The minimum Gasteiger partial charge on any atom is -0.494 e. The first-order valence-corrected chi connectivity index (χ1v) is 13.4. The van der Waals surface area contributed by atoms with Crippen LogP contribution in [0.1, 0.15) is 0 Å². The van der Waals surface area contributed by atoms with Crippen molar-refractivity contribution in [3.05, 3.63) is 24.3 Å². The summed E-state index contributed by atoms with van der Waals surface area (Å²) in [6, 6.07) is 3.28. The lowest BCUT2D eigenvalue weighted by Gasteiger charge is -2.31. The van der Waals surface area contributed by atoms with Crippen LogP contribution in [0, 0.1) is 0 Å². The summed E-state index contributed by atoms with van der Waals surface area (Å²) in [4.78, 5) is 24.0. The van der Waals surface area contributed by atoms with Gasteiger partial charge in [-0.1, -0.05) is 21.6 Å². The average Bonchev–Trinajstić information content (AvgIpc) is 3.16. The van der Waals surface area contributed by atoms with Crippen LogP contribution in [0.4, 0.5) is 0 Å². The zero-order valence-electron chi connectivity index (χ0n) is 16.3. The van der Waals surface area contributed by atoms with E-state index < -0.39 is 98.5 Å². The Bertz CT molecular complexity index is 1190. The van der Waals surface area contributed by atoms with Crippen molar-refractivity contribution in [1.29, 1.82) is 0 Å². The monoisotopic (exact) mass is 564 g/mol. The Morgan fingerprint density at radius 3 is 1.09 bits per heavy atom. The molecular formula is C14H16N2O14S4. The molecule has 0 aliphatic carbocycles. The Labute approximate surface area is 198 Å². The lowest BCUT2D eigenvalue weighted by atomic mass is 10.4. The Hall–Kier alpha value is -2.78. The molecule has 0 amide bonds. The molecule has 0 radical (unpaired) electrons. The fourth-order valence-electron chi connectivity index (χ4n) is 2.50. The summed E-state index contributed by atoms with van der Waals surface area (Å²) in [5.74, 6) is -8.25. The number of carbonyl (C=O) groups is 2. The third-order valence-electron chi connectivity index (χ3n) is 4.40. The highest BCUT2D eigenvalue weighted by Crippen LogP contribution is 2.51. The summed E-state index contributed by atoms with van der Waals surface area (Å²) in [6.45, 7) is -2.94. The number of aliphatic carboxylic acids is 2. The molecule has 0 bridgehead atoms. The first-order valence-electron chi connectivity index (χ1n) is 8.32. The van der Waals surface area contributed by atoms with Gasteiger partial charge in [-0.15, -0.1) is 0 Å². The van der Waals surface area contributed by atoms with Crippen LogP contribution < -0.4 is 0 Å². The highest BCUT2D eigenvalue weighted by atomic mass is 33.1. The summed E-state index contributed by atoms with van der Waals surface area (Å²) in [6.07, 6.45) is 0. The number of nitrogens with zero attached hydrogens (tertiary/aromatic N) is 2. The molecule has 34 heavy (non-hydrogen) atoms. The SMILES string of the molecule is O=C(O)C(Cn1c(O)ccc1O)(SSC(Cn1c(O)ccc1O)(C(=O)O)S(=O)(=O)O)S(=O)(=O)O. The van der Waals surface area contributed by atoms with Gasteiger partial charge in [0.1, 0.15) is 0 Å². The van der Waals surface area contributed by atoms with Gasteiger partial charge in [-0.2, -0.15) is 16.8 Å². The predicted molar refractivity (Wildman–Crippen MR) is 115 cm³/mol. The van der Waals surface area contributed by atoms with Crippen molar-refractivity contribution in [2.45, 2.75) is 21.2 Å². The fourth-order valence-corrected chi connectivity index (χ4v) is 8.70.